The van der Waals surface area contributed by atoms with E-state index in [-0.39, 0.29) is 23.5 Å². The van der Waals surface area contributed by atoms with Crippen molar-refractivity contribution in [3.8, 4) is 5.75 Å². The quantitative estimate of drug-likeness (QED) is 0.810. The number of phenols is 1. The second-order valence-corrected chi connectivity index (χ2v) is 7.94. The van der Waals surface area contributed by atoms with Crippen molar-refractivity contribution in [3.63, 3.8) is 0 Å². The first-order valence-corrected chi connectivity index (χ1v) is 10.4. The highest BCUT2D eigenvalue weighted by Gasteiger charge is 2.26. The van der Waals surface area contributed by atoms with Gasteiger partial charge in [0.15, 0.2) is 0 Å². The number of rotatable bonds is 6. The van der Waals surface area contributed by atoms with Crippen LogP contribution in [-0.2, 0) is 11.2 Å². The summed E-state index contributed by atoms with van der Waals surface area (Å²) in [6.45, 7) is 6.19. The van der Waals surface area contributed by atoms with Gasteiger partial charge in [0.05, 0.1) is 5.56 Å². The van der Waals surface area contributed by atoms with Crippen LogP contribution in [0.1, 0.15) is 54.1 Å². The highest BCUT2D eigenvalue weighted by Crippen LogP contribution is 2.25. The molecule has 1 aliphatic heterocycles. The van der Waals surface area contributed by atoms with Gasteiger partial charge in [-0.05, 0) is 42.0 Å². The SMILES string of the molecule is CC(C)c1ccc(O)c(C(=O)N2CCN(C(=O)CCCc3ccccc3)CC2)c1. The molecule has 0 spiro atoms. The molecule has 0 aliphatic carbocycles. The smallest absolute Gasteiger partial charge is 0.257 e. The Hall–Kier alpha value is -2.82. The largest absolute Gasteiger partial charge is 0.507 e. The first kappa shape index (κ1) is 20.9. The third-order valence-electron chi connectivity index (χ3n) is 5.54. The molecule has 1 heterocycles. The number of phenolic OH excluding ortho intramolecular Hbond substituents is 1. The lowest BCUT2D eigenvalue weighted by Gasteiger charge is -2.35. The molecule has 0 saturated carbocycles. The Bertz CT molecular complexity index is 840. The third kappa shape index (κ3) is 5.37. The summed E-state index contributed by atoms with van der Waals surface area (Å²) in [6.07, 6.45) is 2.26. The van der Waals surface area contributed by atoms with Gasteiger partial charge in [0.25, 0.3) is 5.91 Å². The molecule has 154 valence electrons. The summed E-state index contributed by atoms with van der Waals surface area (Å²) in [5, 5.41) is 10.1. The molecular formula is C24H30N2O3. The molecule has 0 atom stereocenters. The maximum Gasteiger partial charge on any atom is 0.257 e. The molecule has 0 unspecified atom stereocenters. The summed E-state index contributed by atoms with van der Waals surface area (Å²) >= 11 is 0. The van der Waals surface area contributed by atoms with Gasteiger partial charge in [0.1, 0.15) is 5.75 Å². The van der Waals surface area contributed by atoms with Gasteiger partial charge in [-0.15, -0.1) is 0 Å². The van der Waals surface area contributed by atoms with Crippen molar-refractivity contribution >= 4 is 11.8 Å². The number of hydrogen-bond donors (Lipinski definition) is 1. The molecule has 0 bridgehead atoms. The topological polar surface area (TPSA) is 60.9 Å². The van der Waals surface area contributed by atoms with Crippen LogP contribution < -0.4 is 0 Å². The maximum absolute atomic E-state index is 12.9. The van der Waals surface area contributed by atoms with Crippen molar-refractivity contribution in [2.75, 3.05) is 26.2 Å². The van der Waals surface area contributed by atoms with Gasteiger partial charge in [0.2, 0.25) is 5.91 Å². The van der Waals surface area contributed by atoms with E-state index < -0.39 is 0 Å². The van der Waals surface area contributed by atoms with Gasteiger partial charge in [-0.25, -0.2) is 0 Å². The molecule has 0 aromatic heterocycles. The molecule has 1 saturated heterocycles. The lowest BCUT2D eigenvalue weighted by molar-refractivity contribution is -0.132. The number of nitrogens with zero attached hydrogens (tertiary/aromatic N) is 2. The minimum Gasteiger partial charge on any atom is -0.507 e. The molecule has 2 amide bonds. The van der Waals surface area contributed by atoms with Gasteiger partial charge in [-0.1, -0.05) is 50.2 Å². The normalized spacial score (nSPS) is 14.3. The van der Waals surface area contributed by atoms with Crippen LogP contribution in [0.2, 0.25) is 0 Å². The Morgan fingerprint density at radius 1 is 0.966 bits per heavy atom. The van der Waals surface area contributed by atoms with Crippen LogP contribution in [-0.4, -0.2) is 52.9 Å². The molecular weight excluding hydrogens is 364 g/mol. The van der Waals surface area contributed by atoms with E-state index in [1.54, 1.807) is 17.0 Å². The molecule has 5 nitrogen and oxygen atoms in total. The first-order valence-electron chi connectivity index (χ1n) is 10.4. The summed E-state index contributed by atoms with van der Waals surface area (Å²) in [7, 11) is 0. The van der Waals surface area contributed by atoms with Gasteiger partial charge >= 0.3 is 0 Å². The fourth-order valence-electron chi connectivity index (χ4n) is 3.66. The fourth-order valence-corrected chi connectivity index (χ4v) is 3.66. The van der Waals surface area contributed by atoms with E-state index in [0.717, 1.165) is 18.4 Å². The van der Waals surface area contributed by atoms with Crippen molar-refractivity contribution in [1.82, 2.24) is 9.80 Å². The molecule has 3 rings (SSSR count). The van der Waals surface area contributed by atoms with Gasteiger partial charge < -0.3 is 14.9 Å². The Kier molecular flexibility index (Phi) is 6.91. The van der Waals surface area contributed by atoms with Crippen LogP contribution in [0.5, 0.6) is 5.75 Å². The van der Waals surface area contributed by atoms with Crippen molar-refractivity contribution in [2.45, 2.75) is 39.0 Å². The Morgan fingerprint density at radius 3 is 2.28 bits per heavy atom. The summed E-state index contributed by atoms with van der Waals surface area (Å²) in [4.78, 5) is 28.9. The van der Waals surface area contributed by atoms with Crippen molar-refractivity contribution < 1.29 is 14.7 Å². The number of aromatic hydroxyl groups is 1. The minimum absolute atomic E-state index is 0.0128. The van der Waals surface area contributed by atoms with Gasteiger partial charge in [0, 0.05) is 32.6 Å². The number of piperazine rings is 1. The van der Waals surface area contributed by atoms with Crippen LogP contribution in [0.3, 0.4) is 0 Å². The molecule has 2 aromatic rings. The summed E-state index contributed by atoms with van der Waals surface area (Å²) in [6, 6.07) is 15.4. The van der Waals surface area contributed by atoms with E-state index in [2.05, 4.69) is 26.0 Å². The molecule has 1 aliphatic rings. The molecule has 0 radical (unpaired) electrons. The lowest BCUT2D eigenvalue weighted by Crippen LogP contribution is -2.50. The standard InChI is InChI=1S/C24H30N2O3/c1-18(2)20-11-12-22(27)21(17-20)24(29)26-15-13-25(14-16-26)23(28)10-6-9-19-7-4-3-5-8-19/h3-5,7-8,11-12,17-18,27H,6,9-10,13-16H2,1-2H3. The van der Waals surface area contributed by atoms with E-state index >= 15 is 0 Å². The molecule has 1 N–H and O–H groups in total. The number of carbonyl (C=O) groups excluding carboxylic acids is 2. The van der Waals surface area contributed by atoms with Crippen LogP contribution in [0, 0.1) is 0 Å². The monoisotopic (exact) mass is 394 g/mol. The number of amides is 2. The Morgan fingerprint density at radius 2 is 1.62 bits per heavy atom. The van der Waals surface area contributed by atoms with Crippen molar-refractivity contribution in [2.24, 2.45) is 0 Å². The first-order chi connectivity index (χ1) is 14.0. The zero-order chi connectivity index (χ0) is 20.8. The summed E-state index contributed by atoms with van der Waals surface area (Å²) in [5.41, 5.74) is 2.62. The highest BCUT2D eigenvalue weighted by atomic mass is 16.3. The molecule has 5 heteroatoms. The number of benzene rings is 2. The lowest BCUT2D eigenvalue weighted by atomic mass is 9.99. The van der Waals surface area contributed by atoms with E-state index in [1.807, 2.05) is 29.2 Å². The van der Waals surface area contributed by atoms with E-state index in [0.29, 0.717) is 38.2 Å². The highest BCUT2D eigenvalue weighted by molar-refractivity contribution is 5.97. The van der Waals surface area contributed by atoms with E-state index in [4.69, 9.17) is 0 Å². The van der Waals surface area contributed by atoms with Crippen molar-refractivity contribution in [3.05, 3.63) is 65.2 Å². The average Bonchev–Trinajstić information content (AvgIpc) is 2.74. The molecule has 29 heavy (non-hydrogen) atoms. The van der Waals surface area contributed by atoms with E-state index in [1.165, 1.54) is 5.56 Å². The Labute approximate surface area is 172 Å². The van der Waals surface area contributed by atoms with Crippen LogP contribution >= 0.6 is 0 Å². The predicted molar refractivity (Wildman–Crippen MR) is 114 cm³/mol. The van der Waals surface area contributed by atoms with E-state index in [9.17, 15) is 14.7 Å². The predicted octanol–water partition coefficient (Wildman–Crippen LogP) is 3.82. The van der Waals surface area contributed by atoms with Crippen LogP contribution in [0.25, 0.3) is 0 Å². The Balaban J connectivity index is 1.50. The average molecular weight is 395 g/mol. The number of carbonyl (C=O) groups is 2. The van der Waals surface area contributed by atoms with Gasteiger partial charge in [-0.2, -0.15) is 0 Å². The van der Waals surface area contributed by atoms with Crippen LogP contribution in [0.15, 0.2) is 48.5 Å². The minimum atomic E-state index is -0.166. The van der Waals surface area contributed by atoms with Crippen LogP contribution in [0.4, 0.5) is 0 Å². The number of hydrogen-bond acceptors (Lipinski definition) is 3. The maximum atomic E-state index is 12.9. The second kappa shape index (κ2) is 9.59. The third-order valence-corrected chi connectivity index (χ3v) is 5.54. The zero-order valence-corrected chi connectivity index (χ0v) is 17.3. The number of aryl methyl sites for hydroxylation is 1. The fraction of sp³-hybridized carbons (Fsp3) is 0.417. The second-order valence-electron chi connectivity index (χ2n) is 7.94. The summed E-state index contributed by atoms with van der Waals surface area (Å²) in [5.74, 6) is 0.283. The van der Waals surface area contributed by atoms with Crippen molar-refractivity contribution in [1.29, 1.82) is 0 Å². The molecule has 2 aromatic carbocycles. The molecule has 1 fully saturated rings. The van der Waals surface area contributed by atoms with Gasteiger partial charge in [-0.3, -0.25) is 9.59 Å². The summed E-state index contributed by atoms with van der Waals surface area (Å²) < 4.78 is 0. The zero-order valence-electron chi connectivity index (χ0n) is 17.3.